The van der Waals surface area contributed by atoms with Gasteiger partial charge in [-0.05, 0) is 68.3 Å². The maximum atomic E-state index is 13.6. The van der Waals surface area contributed by atoms with Crippen molar-refractivity contribution in [1.82, 2.24) is 10.2 Å². The van der Waals surface area contributed by atoms with Crippen LogP contribution in [0.15, 0.2) is 77.3 Å². The van der Waals surface area contributed by atoms with Crippen LogP contribution in [0.3, 0.4) is 0 Å². The summed E-state index contributed by atoms with van der Waals surface area (Å²) >= 11 is 15.7. The fourth-order valence-electron chi connectivity index (χ4n) is 3.60. The Bertz CT molecular complexity index is 1180. The molecule has 2 amide bonds. The minimum Gasteiger partial charge on any atom is -0.484 e. The fourth-order valence-corrected chi connectivity index (χ4v) is 4.19. The summed E-state index contributed by atoms with van der Waals surface area (Å²) in [6.45, 7) is 5.66. The van der Waals surface area contributed by atoms with Crippen LogP contribution in [0.25, 0.3) is 0 Å². The number of hydrogen-bond acceptors (Lipinski definition) is 3. The summed E-state index contributed by atoms with van der Waals surface area (Å²) in [4.78, 5) is 28.7. The molecule has 3 rings (SSSR count). The van der Waals surface area contributed by atoms with E-state index in [-0.39, 0.29) is 25.0 Å². The third-order valence-electron chi connectivity index (χ3n) is 5.28. The number of amides is 2. The molecule has 36 heavy (non-hydrogen) atoms. The van der Waals surface area contributed by atoms with E-state index in [1.807, 2.05) is 63.2 Å². The van der Waals surface area contributed by atoms with E-state index in [4.69, 9.17) is 27.9 Å². The quantitative estimate of drug-likeness (QED) is 0.302. The van der Waals surface area contributed by atoms with Gasteiger partial charge in [0, 0.05) is 23.0 Å². The Kier molecular flexibility index (Phi) is 9.83. The Hall–Kier alpha value is -2.54. The third kappa shape index (κ3) is 8.54. The van der Waals surface area contributed by atoms with Crippen LogP contribution in [0.1, 0.15) is 31.9 Å². The lowest BCUT2D eigenvalue weighted by atomic mass is 10.0. The second kappa shape index (κ2) is 12.6. The molecule has 3 aromatic rings. The zero-order chi connectivity index (χ0) is 26.3. The van der Waals surface area contributed by atoms with Crippen LogP contribution in [0.4, 0.5) is 0 Å². The Morgan fingerprint density at radius 3 is 2.22 bits per heavy atom. The number of ether oxygens (including phenoxy) is 1. The number of carbonyl (C=O) groups excluding carboxylic acids is 2. The predicted molar refractivity (Wildman–Crippen MR) is 148 cm³/mol. The number of carbonyl (C=O) groups is 2. The number of rotatable bonds is 9. The van der Waals surface area contributed by atoms with Crippen molar-refractivity contribution < 1.29 is 14.3 Å². The van der Waals surface area contributed by atoms with Gasteiger partial charge in [-0.15, -0.1) is 0 Å². The summed E-state index contributed by atoms with van der Waals surface area (Å²) in [6, 6.07) is 21.3. The lowest BCUT2D eigenvalue weighted by Gasteiger charge is -2.33. The normalized spacial score (nSPS) is 12.1. The average Bonchev–Trinajstić information content (AvgIpc) is 2.82. The first-order chi connectivity index (χ1) is 17.0. The van der Waals surface area contributed by atoms with Crippen LogP contribution in [-0.4, -0.2) is 34.9 Å². The maximum Gasteiger partial charge on any atom is 0.261 e. The van der Waals surface area contributed by atoms with Crippen LogP contribution in [0.2, 0.25) is 10.0 Å². The van der Waals surface area contributed by atoms with Gasteiger partial charge >= 0.3 is 0 Å². The number of benzene rings is 3. The minimum atomic E-state index is -0.776. The number of nitrogens with one attached hydrogen (secondary N) is 1. The zero-order valence-electron chi connectivity index (χ0n) is 20.4. The van der Waals surface area contributed by atoms with Gasteiger partial charge in [0.05, 0.1) is 10.0 Å². The van der Waals surface area contributed by atoms with Gasteiger partial charge in [-0.2, -0.15) is 0 Å². The smallest absolute Gasteiger partial charge is 0.261 e. The van der Waals surface area contributed by atoms with E-state index in [1.165, 1.54) is 0 Å². The van der Waals surface area contributed by atoms with Crippen LogP contribution in [0.5, 0.6) is 5.75 Å². The van der Waals surface area contributed by atoms with Gasteiger partial charge in [-0.1, -0.05) is 75.5 Å². The largest absolute Gasteiger partial charge is 0.484 e. The summed E-state index contributed by atoms with van der Waals surface area (Å²) < 4.78 is 6.68. The molecule has 0 spiro atoms. The van der Waals surface area contributed by atoms with Crippen molar-refractivity contribution in [1.29, 1.82) is 0 Å². The van der Waals surface area contributed by atoms with E-state index in [0.717, 1.165) is 15.6 Å². The zero-order valence-corrected chi connectivity index (χ0v) is 23.5. The number of halogens is 3. The molecule has 1 N–H and O–H groups in total. The molecular formula is C28H29BrCl2N2O3. The van der Waals surface area contributed by atoms with Crippen molar-refractivity contribution in [3.8, 4) is 5.75 Å². The number of hydrogen-bond donors (Lipinski definition) is 1. The van der Waals surface area contributed by atoms with E-state index >= 15 is 0 Å². The van der Waals surface area contributed by atoms with Crippen molar-refractivity contribution >= 4 is 50.9 Å². The Morgan fingerprint density at radius 2 is 1.61 bits per heavy atom. The molecule has 0 aliphatic rings. The highest BCUT2D eigenvalue weighted by atomic mass is 79.9. The second-order valence-electron chi connectivity index (χ2n) is 9.46. The average molecular weight is 592 g/mol. The molecule has 190 valence electrons. The van der Waals surface area contributed by atoms with E-state index in [0.29, 0.717) is 22.2 Å². The first kappa shape index (κ1) is 28.0. The minimum absolute atomic E-state index is 0.161. The van der Waals surface area contributed by atoms with Gasteiger partial charge in [-0.3, -0.25) is 9.59 Å². The lowest BCUT2D eigenvalue weighted by Crippen LogP contribution is -2.55. The Labute approximate surface area is 230 Å². The Morgan fingerprint density at radius 1 is 0.944 bits per heavy atom. The van der Waals surface area contributed by atoms with Crippen molar-refractivity contribution in [2.24, 2.45) is 0 Å². The molecule has 0 bridgehead atoms. The highest BCUT2D eigenvalue weighted by Crippen LogP contribution is 2.25. The van der Waals surface area contributed by atoms with Gasteiger partial charge in [0.25, 0.3) is 5.91 Å². The third-order valence-corrected chi connectivity index (χ3v) is 6.55. The van der Waals surface area contributed by atoms with Gasteiger partial charge < -0.3 is 15.0 Å². The van der Waals surface area contributed by atoms with Crippen LogP contribution < -0.4 is 10.1 Å². The monoisotopic (exact) mass is 590 g/mol. The summed E-state index contributed by atoms with van der Waals surface area (Å²) in [5.41, 5.74) is 1.22. The van der Waals surface area contributed by atoms with E-state index in [9.17, 15) is 9.59 Å². The van der Waals surface area contributed by atoms with Crippen molar-refractivity contribution in [2.75, 3.05) is 6.61 Å². The first-order valence-corrected chi connectivity index (χ1v) is 13.0. The summed E-state index contributed by atoms with van der Waals surface area (Å²) in [5.74, 6) is -0.0165. The van der Waals surface area contributed by atoms with Gasteiger partial charge in [-0.25, -0.2) is 0 Å². The van der Waals surface area contributed by atoms with E-state index < -0.39 is 11.6 Å². The molecule has 0 saturated heterocycles. The topological polar surface area (TPSA) is 58.6 Å². The van der Waals surface area contributed by atoms with E-state index in [1.54, 1.807) is 35.2 Å². The molecule has 1 atom stereocenters. The molecule has 1 unspecified atom stereocenters. The molecule has 5 nitrogen and oxygen atoms in total. The molecule has 8 heteroatoms. The first-order valence-electron chi connectivity index (χ1n) is 11.5. The molecule has 3 aromatic carbocycles. The Balaban J connectivity index is 1.94. The van der Waals surface area contributed by atoms with Crippen LogP contribution >= 0.6 is 39.1 Å². The highest BCUT2D eigenvalue weighted by Gasteiger charge is 2.32. The molecule has 0 heterocycles. The number of nitrogens with zero attached hydrogens (tertiary/aromatic N) is 1. The van der Waals surface area contributed by atoms with Crippen molar-refractivity contribution in [3.05, 3.63) is 98.4 Å². The predicted octanol–water partition coefficient (Wildman–Crippen LogP) is 6.69. The second-order valence-corrected chi connectivity index (χ2v) is 11.2. The molecule has 0 aliphatic carbocycles. The standard InChI is InChI=1S/C28H29BrCl2N2O3/c1-28(2,3)32-27(35)25(16-19-7-5-4-6-8-19)33(17-20-9-14-23(30)24(31)15-20)26(34)18-36-22-12-10-21(29)11-13-22/h4-15,25H,16-18H2,1-3H3,(H,32,35). The van der Waals surface area contributed by atoms with Gasteiger partial charge in [0.1, 0.15) is 11.8 Å². The van der Waals surface area contributed by atoms with Gasteiger partial charge in [0.15, 0.2) is 6.61 Å². The van der Waals surface area contributed by atoms with Crippen molar-refractivity contribution in [2.45, 2.75) is 45.3 Å². The van der Waals surface area contributed by atoms with Crippen LogP contribution in [-0.2, 0) is 22.6 Å². The highest BCUT2D eigenvalue weighted by molar-refractivity contribution is 9.10. The summed E-state index contributed by atoms with van der Waals surface area (Å²) in [7, 11) is 0. The molecule has 0 fully saturated rings. The maximum absolute atomic E-state index is 13.6. The SMILES string of the molecule is CC(C)(C)NC(=O)C(Cc1ccccc1)N(Cc1ccc(Cl)c(Cl)c1)C(=O)COc1ccc(Br)cc1. The van der Waals surface area contributed by atoms with Crippen molar-refractivity contribution in [3.63, 3.8) is 0 Å². The summed E-state index contributed by atoms with van der Waals surface area (Å²) in [6.07, 6.45) is 0.341. The fraction of sp³-hybridized carbons (Fsp3) is 0.286. The van der Waals surface area contributed by atoms with E-state index in [2.05, 4.69) is 21.2 Å². The molecule has 0 radical (unpaired) electrons. The molecule has 0 aliphatic heterocycles. The van der Waals surface area contributed by atoms with Gasteiger partial charge in [0.2, 0.25) is 5.91 Å². The van der Waals surface area contributed by atoms with Crippen LogP contribution in [0, 0.1) is 0 Å². The molecule has 0 saturated carbocycles. The summed E-state index contributed by atoms with van der Waals surface area (Å²) in [5, 5.41) is 3.84. The molecular weight excluding hydrogens is 563 g/mol. The lowest BCUT2D eigenvalue weighted by molar-refractivity contribution is -0.143. The molecule has 0 aromatic heterocycles.